The number of benzene rings is 2. The van der Waals surface area contributed by atoms with Crippen molar-refractivity contribution in [1.82, 2.24) is 4.90 Å². The average molecular weight is 311 g/mol. The van der Waals surface area contributed by atoms with Crippen LogP contribution in [0.3, 0.4) is 0 Å². The Morgan fingerprint density at radius 2 is 1.61 bits per heavy atom. The molecule has 0 N–H and O–H groups in total. The van der Waals surface area contributed by atoms with E-state index in [4.69, 9.17) is 4.74 Å². The molecule has 3 heteroatoms. The van der Waals surface area contributed by atoms with E-state index in [1.54, 1.807) is 0 Å². The summed E-state index contributed by atoms with van der Waals surface area (Å²) in [6.07, 6.45) is 0.434. The predicted molar refractivity (Wildman–Crippen MR) is 94.2 cm³/mol. The number of rotatable bonds is 9. The number of likely N-dealkylation sites (N-methyl/N-ethyl adjacent to an activating group) is 1. The number of hydrogen-bond acceptors (Lipinski definition) is 3. The molecule has 0 aliphatic carbocycles. The summed E-state index contributed by atoms with van der Waals surface area (Å²) in [4.78, 5) is 14.6. The van der Waals surface area contributed by atoms with Gasteiger partial charge in [0.2, 0.25) is 0 Å². The lowest BCUT2D eigenvalue weighted by Crippen LogP contribution is -2.27. The molecule has 2 rings (SSSR count). The fourth-order valence-corrected chi connectivity index (χ4v) is 2.45. The van der Waals surface area contributed by atoms with Crippen molar-refractivity contribution in [2.45, 2.75) is 20.3 Å². The number of Topliss-reactive ketones (excluding diaryl/α,β-unsaturated/α-hetero) is 1. The lowest BCUT2D eigenvalue weighted by Gasteiger charge is -2.18. The minimum Gasteiger partial charge on any atom is -0.492 e. The molecule has 0 fully saturated rings. The number of ether oxygens (including phenoxy) is 1. The molecule has 23 heavy (non-hydrogen) atoms. The maximum Gasteiger partial charge on any atom is 0.167 e. The second-order valence-corrected chi connectivity index (χ2v) is 5.49. The zero-order chi connectivity index (χ0) is 16.5. The smallest absolute Gasteiger partial charge is 0.167 e. The number of carbonyl (C=O) groups excluding carboxylic acids is 1. The Kier molecular flexibility index (Phi) is 6.82. The van der Waals surface area contributed by atoms with E-state index in [-0.39, 0.29) is 5.78 Å². The van der Waals surface area contributed by atoms with Gasteiger partial charge < -0.3 is 9.64 Å². The Labute approximate surface area is 138 Å². The Bertz CT molecular complexity index is 589. The molecule has 0 saturated heterocycles. The van der Waals surface area contributed by atoms with Gasteiger partial charge in [0.1, 0.15) is 12.4 Å². The van der Waals surface area contributed by atoms with E-state index in [0.29, 0.717) is 13.0 Å². The van der Waals surface area contributed by atoms with Crippen LogP contribution in [0.15, 0.2) is 54.6 Å². The summed E-state index contributed by atoms with van der Waals surface area (Å²) in [5.41, 5.74) is 1.77. The van der Waals surface area contributed by atoms with E-state index in [9.17, 15) is 4.79 Å². The maximum absolute atomic E-state index is 12.3. The Morgan fingerprint density at radius 3 is 2.22 bits per heavy atom. The third-order valence-electron chi connectivity index (χ3n) is 3.95. The minimum absolute atomic E-state index is 0.130. The number of ketones is 1. The van der Waals surface area contributed by atoms with E-state index >= 15 is 0 Å². The van der Waals surface area contributed by atoms with Gasteiger partial charge in [-0.05, 0) is 42.9 Å². The fraction of sp³-hybridized carbons (Fsp3) is 0.350. The summed E-state index contributed by atoms with van der Waals surface area (Å²) in [7, 11) is 0. The lowest BCUT2D eigenvalue weighted by atomic mass is 10.0. The monoisotopic (exact) mass is 311 g/mol. The van der Waals surface area contributed by atoms with Gasteiger partial charge in [-0.3, -0.25) is 4.79 Å². The molecule has 2 aromatic carbocycles. The Morgan fingerprint density at radius 1 is 0.957 bits per heavy atom. The number of hydrogen-bond donors (Lipinski definition) is 0. The summed E-state index contributed by atoms with van der Waals surface area (Å²) in [5.74, 6) is 0.944. The van der Waals surface area contributed by atoms with Crippen LogP contribution in [0, 0.1) is 0 Å². The summed E-state index contributed by atoms with van der Waals surface area (Å²) in [6, 6.07) is 17.3. The van der Waals surface area contributed by atoms with Crippen LogP contribution in [-0.2, 0) is 6.42 Å². The minimum atomic E-state index is 0.130. The van der Waals surface area contributed by atoms with Crippen LogP contribution in [0.25, 0.3) is 0 Å². The summed E-state index contributed by atoms with van der Waals surface area (Å²) in [6.45, 7) is 7.95. The summed E-state index contributed by atoms with van der Waals surface area (Å²) in [5, 5.41) is 0. The van der Waals surface area contributed by atoms with E-state index in [1.165, 1.54) is 0 Å². The number of nitrogens with zero attached hydrogens (tertiary/aromatic N) is 1. The quantitative estimate of drug-likeness (QED) is 0.659. The topological polar surface area (TPSA) is 29.5 Å². The third kappa shape index (κ3) is 5.53. The lowest BCUT2D eigenvalue weighted by molar-refractivity contribution is 0.0993. The number of carbonyl (C=O) groups is 1. The van der Waals surface area contributed by atoms with Gasteiger partial charge in [0.15, 0.2) is 5.78 Å². The maximum atomic E-state index is 12.3. The van der Waals surface area contributed by atoms with E-state index in [0.717, 1.165) is 36.5 Å². The zero-order valence-electron chi connectivity index (χ0n) is 14.0. The van der Waals surface area contributed by atoms with Crippen LogP contribution >= 0.6 is 0 Å². The first-order chi connectivity index (χ1) is 11.2. The van der Waals surface area contributed by atoms with Gasteiger partial charge in [-0.25, -0.2) is 0 Å². The molecule has 0 aliphatic rings. The standard InChI is InChI=1S/C20H25NO2/c1-3-21(4-2)14-15-23-19-12-10-18(11-13-19)20(22)16-17-8-6-5-7-9-17/h5-13H,3-4,14-16H2,1-2H3. The van der Waals surface area contributed by atoms with Gasteiger partial charge in [-0.1, -0.05) is 44.2 Å². The molecular weight excluding hydrogens is 286 g/mol. The van der Waals surface area contributed by atoms with Gasteiger partial charge in [0.25, 0.3) is 0 Å². The van der Waals surface area contributed by atoms with Gasteiger partial charge >= 0.3 is 0 Å². The molecule has 0 saturated carbocycles. The van der Waals surface area contributed by atoms with Crippen molar-refractivity contribution in [3.05, 3.63) is 65.7 Å². The van der Waals surface area contributed by atoms with Crippen molar-refractivity contribution in [1.29, 1.82) is 0 Å². The average Bonchev–Trinajstić information content (AvgIpc) is 2.60. The molecule has 0 radical (unpaired) electrons. The summed E-state index contributed by atoms with van der Waals surface area (Å²) >= 11 is 0. The van der Waals surface area contributed by atoms with Crippen LogP contribution in [0.1, 0.15) is 29.8 Å². The van der Waals surface area contributed by atoms with Crippen LogP contribution in [0.2, 0.25) is 0 Å². The van der Waals surface area contributed by atoms with Crippen molar-refractivity contribution in [2.75, 3.05) is 26.2 Å². The van der Waals surface area contributed by atoms with Gasteiger partial charge in [-0.2, -0.15) is 0 Å². The molecule has 122 valence electrons. The van der Waals surface area contributed by atoms with E-state index in [1.807, 2.05) is 54.6 Å². The van der Waals surface area contributed by atoms with Crippen LogP contribution < -0.4 is 4.74 Å². The van der Waals surface area contributed by atoms with Crippen molar-refractivity contribution in [3.8, 4) is 5.75 Å². The SMILES string of the molecule is CCN(CC)CCOc1ccc(C(=O)Cc2ccccc2)cc1. The Hall–Kier alpha value is -2.13. The highest BCUT2D eigenvalue weighted by molar-refractivity contribution is 5.97. The van der Waals surface area contributed by atoms with Gasteiger partial charge in [-0.15, -0.1) is 0 Å². The molecule has 0 unspecified atom stereocenters. The van der Waals surface area contributed by atoms with E-state index < -0.39 is 0 Å². The molecule has 0 aromatic heterocycles. The van der Waals surface area contributed by atoms with Crippen LogP contribution in [0.4, 0.5) is 0 Å². The largest absolute Gasteiger partial charge is 0.492 e. The molecule has 0 aliphatic heterocycles. The summed E-state index contributed by atoms with van der Waals surface area (Å²) < 4.78 is 5.74. The first-order valence-electron chi connectivity index (χ1n) is 8.25. The molecule has 0 heterocycles. The van der Waals surface area contributed by atoms with Gasteiger partial charge in [0, 0.05) is 18.5 Å². The van der Waals surface area contributed by atoms with Crippen LogP contribution in [-0.4, -0.2) is 36.9 Å². The molecule has 0 spiro atoms. The van der Waals surface area contributed by atoms with Crippen molar-refractivity contribution >= 4 is 5.78 Å². The molecule has 0 atom stereocenters. The highest BCUT2D eigenvalue weighted by atomic mass is 16.5. The molecular formula is C20H25NO2. The first kappa shape index (κ1) is 17.2. The highest BCUT2D eigenvalue weighted by Gasteiger charge is 2.07. The van der Waals surface area contributed by atoms with Crippen LogP contribution in [0.5, 0.6) is 5.75 Å². The predicted octanol–water partition coefficient (Wildman–Crippen LogP) is 3.83. The second-order valence-electron chi connectivity index (χ2n) is 5.49. The molecule has 0 amide bonds. The van der Waals surface area contributed by atoms with E-state index in [2.05, 4.69) is 18.7 Å². The fourth-order valence-electron chi connectivity index (χ4n) is 2.45. The molecule has 2 aromatic rings. The highest BCUT2D eigenvalue weighted by Crippen LogP contribution is 2.14. The first-order valence-corrected chi connectivity index (χ1v) is 8.25. The normalized spacial score (nSPS) is 10.7. The molecule has 0 bridgehead atoms. The van der Waals surface area contributed by atoms with Crippen molar-refractivity contribution in [2.24, 2.45) is 0 Å². The van der Waals surface area contributed by atoms with Crippen molar-refractivity contribution in [3.63, 3.8) is 0 Å². The van der Waals surface area contributed by atoms with Crippen molar-refractivity contribution < 1.29 is 9.53 Å². The third-order valence-corrected chi connectivity index (χ3v) is 3.95. The zero-order valence-corrected chi connectivity index (χ0v) is 14.0. The Balaban J connectivity index is 1.85. The van der Waals surface area contributed by atoms with Gasteiger partial charge in [0.05, 0.1) is 0 Å². The molecule has 3 nitrogen and oxygen atoms in total. The second kappa shape index (κ2) is 9.11.